The minimum atomic E-state index is -0.0797. The number of ether oxygens (including phenoxy) is 1. The molecule has 4 rings (SSSR count). The standard InChI is InChI=1S/C17H24ClN3O2/c1-21-10-11(18)8-12(21)9-19-16(22)20-14-13-4-7-23-15(13)17(14)5-2-3-6-17/h8,10,13-15H,2-7,9H2,1H3,(H2,19,20,22)/t13-,14-,15+/m1/s1. The number of carbonyl (C=O) groups excluding carboxylic acids is 1. The quantitative estimate of drug-likeness (QED) is 0.891. The molecule has 1 saturated heterocycles. The Morgan fingerprint density at radius 2 is 2.26 bits per heavy atom. The predicted molar refractivity (Wildman–Crippen MR) is 88.3 cm³/mol. The molecule has 3 fully saturated rings. The van der Waals surface area contributed by atoms with Gasteiger partial charge in [-0.2, -0.15) is 0 Å². The van der Waals surface area contributed by atoms with Crippen LogP contribution in [0.2, 0.25) is 5.02 Å². The molecule has 0 bridgehead atoms. The van der Waals surface area contributed by atoms with Gasteiger partial charge in [0, 0.05) is 42.9 Å². The van der Waals surface area contributed by atoms with Gasteiger partial charge in [0.05, 0.1) is 17.7 Å². The molecule has 1 aliphatic heterocycles. The van der Waals surface area contributed by atoms with Crippen LogP contribution in [-0.4, -0.2) is 29.4 Å². The molecule has 6 heteroatoms. The maximum atomic E-state index is 12.4. The van der Waals surface area contributed by atoms with E-state index < -0.39 is 0 Å². The van der Waals surface area contributed by atoms with E-state index in [9.17, 15) is 4.79 Å². The number of rotatable bonds is 3. The molecule has 3 atom stereocenters. The maximum absolute atomic E-state index is 12.4. The van der Waals surface area contributed by atoms with Gasteiger partial charge in [0.15, 0.2) is 0 Å². The Kier molecular flexibility index (Phi) is 3.81. The Balaban J connectivity index is 1.37. The zero-order valence-electron chi connectivity index (χ0n) is 13.5. The molecule has 1 aromatic rings. The van der Waals surface area contributed by atoms with Crippen LogP contribution in [0.3, 0.4) is 0 Å². The first-order valence-corrected chi connectivity index (χ1v) is 8.95. The maximum Gasteiger partial charge on any atom is 0.315 e. The molecule has 2 amide bonds. The van der Waals surface area contributed by atoms with Crippen molar-refractivity contribution in [2.75, 3.05) is 6.61 Å². The molecule has 3 aliphatic rings. The van der Waals surface area contributed by atoms with Gasteiger partial charge in [0.2, 0.25) is 0 Å². The minimum Gasteiger partial charge on any atom is -0.377 e. The van der Waals surface area contributed by atoms with Gasteiger partial charge in [-0.05, 0) is 25.3 Å². The van der Waals surface area contributed by atoms with E-state index >= 15 is 0 Å². The van der Waals surface area contributed by atoms with Gasteiger partial charge >= 0.3 is 6.03 Å². The molecule has 0 aromatic carbocycles. The van der Waals surface area contributed by atoms with Crippen LogP contribution in [-0.2, 0) is 18.3 Å². The van der Waals surface area contributed by atoms with Gasteiger partial charge in [-0.1, -0.05) is 24.4 Å². The van der Waals surface area contributed by atoms with Crippen molar-refractivity contribution in [2.24, 2.45) is 18.4 Å². The Morgan fingerprint density at radius 1 is 1.48 bits per heavy atom. The fourth-order valence-corrected chi connectivity index (χ4v) is 5.28. The average Bonchev–Trinajstić information content (AvgIpc) is 3.21. The summed E-state index contributed by atoms with van der Waals surface area (Å²) in [4.78, 5) is 12.4. The lowest BCUT2D eigenvalue weighted by Crippen LogP contribution is -2.69. The summed E-state index contributed by atoms with van der Waals surface area (Å²) in [6.07, 6.45) is 8.19. The third-order valence-electron chi connectivity index (χ3n) is 6.08. The summed E-state index contributed by atoms with van der Waals surface area (Å²) in [5.41, 5.74) is 1.20. The highest BCUT2D eigenvalue weighted by molar-refractivity contribution is 6.30. The van der Waals surface area contributed by atoms with Crippen molar-refractivity contribution in [3.8, 4) is 0 Å². The highest BCUT2D eigenvalue weighted by Crippen LogP contribution is 2.60. The van der Waals surface area contributed by atoms with Crippen LogP contribution in [0.25, 0.3) is 0 Å². The number of hydrogen-bond donors (Lipinski definition) is 2. The van der Waals surface area contributed by atoms with Crippen LogP contribution in [0.15, 0.2) is 12.3 Å². The molecule has 2 N–H and O–H groups in total. The Bertz CT molecular complexity index is 609. The van der Waals surface area contributed by atoms with Crippen LogP contribution in [0, 0.1) is 11.3 Å². The number of aryl methyl sites for hydroxylation is 1. The SMILES string of the molecule is Cn1cc(Cl)cc1CNC(=O)N[C@@H]1[C@H]2CCO[C@@H]2C12CCCC2. The highest BCUT2D eigenvalue weighted by Gasteiger charge is 2.65. The minimum absolute atomic E-state index is 0.0797. The summed E-state index contributed by atoms with van der Waals surface area (Å²) in [7, 11) is 1.93. The van der Waals surface area contributed by atoms with E-state index in [2.05, 4.69) is 10.6 Å². The summed E-state index contributed by atoms with van der Waals surface area (Å²) < 4.78 is 7.90. The molecule has 1 spiro atoms. The second kappa shape index (κ2) is 5.71. The third-order valence-corrected chi connectivity index (χ3v) is 6.28. The third kappa shape index (κ3) is 2.45. The van der Waals surface area contributed by atoms with E-state index in [1.807, 2.05) is 23.9 Å². The average molecular weight is 338 g/mol. The normalized spacial score (nSPS) is 31.0. The van der Waals surface area contributed by atoms with Crippen molar-refractivity contribution in [2.45, 2.75) is 50.8 Å². The van der Waals surface area contributed by atoms with Crippen molar-refractivity contribution in [1.82, 2.24) is 15.2 Å². The van der Waals surface area contributed by atoms with Crippen LogP contribution in [0.4, 0.5) is 4.79 Å². The van der Waals surface area contributed by atoms with E-state index in [4.69, 9.17) is 16.3 Å². The monoisotopic (exact) mass is 337 g/mol. The zero-order chi connectivity index (χ0) is 16.0. The molecule has 23 heavy (non-hydrogen) atoms. The number of halogens is 1. The van der Waals surface area contributed by atoms with Crippen LogP contribution in [0.5, 0.6) is 0 Å². The fourth-order valence-electron chi connectivity index (χ4n) is 5.01. The Labute approximate surface area is 141 Å². The van der Waals surface area contributed by atoms with Gasteiger partial charge < -0.3 is 19.9 Å². The molecule has 1 aromatic heterocycles. The van der Waals surface area contributed by atoms with Gasteiger partial charge in [-0.3, -0.25) is 0 Å². The van der Waals surface area contributed by atoms with E-state index in [0.29, 0.717) is 23.6 Å². The van der Waals surface area contributed by atoms with Gasteiger partial charge in [0.25, 0.3) is 0 Å². The lowest BCUT2D eigenvalue weighted by molar-refractivity contribution is -0.126. The number of aromatic nitrogens is 1. The first-order chi connectivity index (χ1) is 11.1. The molecule has 126 valence electrons. The van der Waals surface area contributed by atoms with Crippen molar-refractivity contribution >= 4 is 17.6 Å². The first-order valence-electron chi connectivity index (χ1n) is 8.57. The number of amides is 2. The van der Waals surface area contributed by atoms with Crippen LogP contribution < -0.4 is 10.6 Å². The Hall–Kier alpha value is -1.20. The summed E-state index contributed by atoms with van der Waals surface area (Å²) in [6, 6.07) is 2.07. The number of nitrogens with zero attached hydrogens (tertiary/aromatic N) is 1. The smallest absolute Gasteiger partial charge is 0.315 e. The first kappa shape index (κ1) is 15.3. The highest BCUT2D eigenvalue weighted by atomic mass is 35.5. The van der Waals surface area contributed by atoms with Crippen LogP contribution >= 0.6 is 11.6 Å². The van der Waals surface area contributed by atoms with Gasteiger partial charge in [-0.15, -0.1) is 0 Å². The number of hydrogen-bond acceptors (Lipinski definition) is 2. The van der Waals surface area contributed by atoms with Gasteiger partial charge in [0.1, 0.15) is 0 Å². The van der Waals surface area contributed by atoms with E-state index in [1.165, 1.54) is 25.7 Å². The topological polar surface area (TPSA) is 55.3 Å². The van der Waals surface area contributed by atoms with Crippen molar-refractivity contribution in [3.63, 3.8) is 0 Å². The largest absolute Gasteiger partial charge is 0.377 e. The van der Waals surface area contributed by atoms with Crippen molar-refractivity contribution < 1.29 is 9.53 Å². The summed E-state index contributed by atoms with van der Waals surface area (Å²) in [5, 5.41) is 6.91. The molecule has 5 nitrogen and oxygen atoms in total. The molecular weight excluding hydrogens is 314 g/mol. The van der Waals surface area contributed by atoms with E-state index in [0.717, 1.165) is 18.7 Å². The lowest BCUT2D eigenvalue weighted by atomic mass is 9.54. The lowest BCUT2D eigenvalue weighted by Gasteiger charge is -2.56. The molecule has 2 aliphatic carbocycles. The second-order valence-electron chi connectivity index (χ2n) is 7.25. The number of carbonyl (C=O) groups is 1. The molecule has 0 unspecified atom stereocenters. The number of nitrogens with one attached hydrogen (secondary N) is 2. The van der Waals surface area contributed by atoms with Crippen molar-refractivity contribution in [1.29, 1.82) is 0 Å². The zero-order valence-corrected chi connectivity index (χ0v) is 14.2. The van der Waals surface area contributed by atoms with Crippen LogP contribution in [0.1, 0.15) is 37.8 Å². The van der Waals surface area contributed by atoms with E-state index in [-0.39, 0.29) is 17.5 Å². The molecule has 2 heterocycles. The molecule has 0 radical (unpaired) electrons. The summed E-state index contributed by atoms with van der Waals surface area (Å²) in [5.74, 6) is 0.503. The fraction of sp³-hybridized carbons (Fsp3) is 0.706. The number of fused-ring (bicyclic) bond motifs is 2. The summed E-state index contributed by atoms with van der Waals surface area (Å²) >= 11 is 5.98. The molecule has 2 saturated carbocycles. The van der Waals surface area contributed by atoms with Crippen molar-refractivity contribution in [3.05, 3.63) is 23.0 Å². The number of urea groups is 1. The second-order valence-corrected chi connectivity index (χ2v) is 7.69. The summed E-state index contributed by atoms with van der Waals surface area (Å²) in [6.45, 7) is 1.33. The molecular formula is C17H24ClN3O2. The Morgan fingerprint density at radius 3 is 2.96 bits per heavy atom. The van der Waals surface area contributed by atoms with Gasteiger partial charge in [-0.25, -0.2) is 4.79 Å². The van der Waals surface area contributed by atoms with E-state index in [1.54, 1.807) is 0 Å². The predicted octanol–water partition coefficient (Wildman–Crippen LogP) is 2.83.